The minimum atomic E-state index is -3.41. The molecule has 3 saturated heterocycles. The highest BCUT2D eigenvalue weighted by atomic mass is 28.4. The van der Waals surface area contributed by atoms with E-state index in [-0.39, 0.29) is 25.4 Å². The van der Waals surface area contributed by atoms with E-state index >= 15 is 0 Å². The summed E-state index contributed by atoms with van der Waals surface area (Å²) in [6.07, 6.45) is -0.579. The van der Waals surface area contributed by atoms with E-state index in [0.29, 0.717) is 96.6 Å². The van der Waals surface area contributed by atoms with E-state index in [9.17, 15) is 5.11 Å². The molecule has 2 bridgehead atoms. The number of aliphatic hydroxyl groups excluding tert-OH is 1. The zero-order chi connectivity index (χ0) is 44.0. The Bertz CT molecular complexity index is 1750. The smallest absolute Gasteiger partial charge is 0.491 e. The first kappa shape index (κ1) is 48.6. The molecule has 13 nitrogen and oxygen atoms in total. The first-order valence-electron chi connectivity index (χ1n) is 22.7. The van der Waals surface area contributed by atoms with Gasteiger partial charge in [-0.25, -0.2) is 0 Å². The molecule has 63 heavy (non-hydrogen) atoms. The van der Waals surface area contributed by atoms with Gasteiger partial charge in [-0.3, -0.25) is 9.80 Å². The minimum Gasteiger partial charge on any atom is -0.491 e. The molecule has 0 aliphatic carbocycles. The number of ether oxygens (including phenoxy) is 4. The molecule has 1 N–H and O–H groups in total. The van der Waals surface area contributed by atoms with Crippen molar-refractivity contribution >= 4 is 17.6 Å². The van der Waals surface area contributed by atoms with Gasteiger partial charge in [-0.15, -0.1) is 0 Å². The zero-order valence-electron chi connectivity index (χ0n) is 37.3. The molecule has 0 saturated carbocycles. The molecule has 4 aromatic rings. The Kier molecular flexibility index (Phi) is 20.2. The van der Waals surface area contributed by atoms with Crippen LogP contribution < -0.4 is 18.9 Å². The molecular formula is C48H68N2O11Si2. The molecule has 3 heterocycles. The molecule has 0 amide bonds. The molecule has 0 aromatic heterocycles. The Morgan fingerprint density at radius 3 is 1.43 bits per heavy atom. The quantitative estimate of drug-likeness (QED) is 0.0901. The van der Waals surface area contributed by atoms with Crippen molar-refractivity contribution in [3.8, 4) is 23.0 Å². The van der Waals surface area contributed by atoms with E-state index in [0.717, 1.165) is 23.7 Å². The van der Waals surface area contributed by atoms with Gasteiger partial charge in [-0.2, -0.15) is 0 Å². The van der Waals surface area contributed by atoms with Crippen LogP contribution in [0.2, 0.25) is 12.1 Å². The normalized spacial score (nSPS) is 24.2. The van der Waals surface area contributed by atoms with Crippen LogP contribution in [-0.2, 0) is 26.6 Å². The van der Waals surface area contributed by atoms with Gasteiger partial charge in [-0.1, -0.05) is 72.8 Å². The topological polar surface area (TPSA) is 119 Å². The molecule has 4 unspecified atom stereocenters. The van der Waals surface area contributed by atoms with Crippen LogP contribution in [-0.4, -0.2) is 142 Å². The van der Waals surface area contributed by atoms with Gasteiger partial charge in [0, 0.05) is 58.1 Å². The van der Waals surface area contributed by atoms with Crippen molar-refractivity contribution in [1.82, 2.24) is 9.80 Å². The van der Waals surface area contributed by atoms with Crippen molar-refractivity contribution in [1.29, 1.82) is 0 Å². The second-order valence-electron chi connectivity index (χ2n) is 15.8. The number of hydrogen-bond donors (Lipinski definition) is 1. The lowest BCUT2D eigenvalue weighted by molar-refractivity contribution is -0.0612. The van der Waals surface area contributed by atoms with Gasteiger partial charge < -0.3 is 50.6 Å². The Balaban J connectivity index is 1.33. The van der Waals surface area contributed by atoms with Crippen LogP contribution in [0, 0.1) is 0 Å². The summed E-state index contributed by atoms with van der Waals surface area (Å²) in [6, 6.07) is 40.0. The summed E-state index contributed by atoms with van der Waals surface area (Å²) in [6.45, 7) is 11.5. The van der Waals surface area contributed by atoms with Crippen LogP contribution in [0.1, 0.15) is 33.6 Å². The summed E-state index contributed by atoms with van der Waals surface area (Å²) in [5.41, 5.74) is 0. The highest BCUT2D eigenvalue weighted by Gasteiger charge is 2.48. The summed E-state index contributed by atoms with van der Waals surface area (Å²) in [4.78, 5) is 4.59. The third kappa shape index (κ3) is 16.6. The van der Waals surface area contributed by atoms with Gasteiger partial charge in [0.15, 0.2) is 0 Å². The molecule has 3 aliphatic rings. The van der Waals surface area contributed by atoms with Crippen molar-refractivity contribution in [2.75, 3.05) is 85.5 Å². The highest BCUT2D eigenvalue weighted by molar-refractivity contribution is 6.61. The van der Waals surface area contributed by atoms with Crippen LogP contribution in [0.5, 0.6) is 23.0 Å². The van der Waals surface area contributed by atoms with E-state index in [1.807, 2.05) is 142 Å². The first-order chi connectivity index (χ1) is 30.9. The fraction of sp³-hybridized carbons (Fsp3) is 0.500. The Labute approximate surface area is 376 Å². The average molecular weight is 905 g/mol. The third-order valence-corrected chi connectivity index (χ3v) is 16.8. The van der Waals surface area contributed by atoms with Gasteiger partial charge in [0.05, 0.1) is 18.3 Å². The first-order valence-corrected chi connectivity index (χ1v) is 26.5. The second kappa shape index (κ2) is 26.2. The number of para-hydroxylation sites is 4. The van der Waals surface area contributed by atoms with Crippen LogP contribution in [0.25, 0.3) is 0 Å². The van der Waals surface area contributed by atoms with Gasteiger partial charge in [0.25, 0.3) is 0 Å². The van der Waals surface area contributed by atoms with Gasteiger partial charge >= 0.3 is 17.6 Å². The number of nitrogens with zero attached hydrogens (tertiary/aromatic N) is 2. The molecule has 7 rings (SSSR count). The second-order valence-corrected chi connectivity index (χ2v) is 21.1. The Hall–Kier alpha value is -3.85. The van der Waals surface area contributed by atoms with E-state index in [4.69, 9.17) is 45.5 Å². The summed E-state index contributed by atoms with van der Waals surface area (Å²) in [7, 11) is -6.72. The summed E-state index contributed by atoms with van der Waals surface area (Å²) in [5.74, 6) is 2.98. The maximum absolute atomic E-state index is 11.5. The van der Waals surface area contributed by atoms with Crippen LogP contribution in [0.4, 0.5) is 0 Å². The standard InChI is InChI=1S/C48H68N2O11Si2/c1-4-56-62(57-5-2)31-19-30-50-35-47(39-54-44-25-15-9-16-26-44)60-63(58-6-3,61-48(36-50)40-55-45-27-17-10-18-28-45)32-20-29-49(33-41(51)37-52-42-21-11-7-12-22-42)34-46(59-62)38-53-43-23-13-8-14-24-43/h7-18,21-28,41,46-48,51H,4-6,19-20,29-40H2,1-3H3. The van der Waals surface area contributed by atoms with Crippen molar-refractivity contribution < 1.29 is 50.6 Å². The SMILES string of the molecule is CCO[Si]1(OCC)CCCN2CC(COc3ccccc3)O[Si](OCC)(CCCN(CC(O)COc3ccccc3)CC(COc3ccccc3)O1)OC(COc1ccccc1)C2. The monoisotopic (exact) mass is 904 g/mol. The van der Waals surface area contributed by atoms with E-state index in [2.05, 4.69) is 9.80 Å². The molecule has 4 aromatic carbocycles. The summed E-state index contributed by atoms with van der Waals surface area (Å²) in [5, 5.41) is 11.5. The van der Waals surface area contributed by atoms with Crippen molar-refractivity contribution in [2.45, 2.75) is 70.1 Å². The number of benzene rings is 4. The van der Waals surface area contributed by atoms with Crippen molar-refractivity contribution in [3.63, 3.8) is 0 Å². The number of rotatable bonds is 20. The largest absolute Gasteiger partial charge is 0.501 e. The molecule has 15 heteroatoms. The summed E-state index contributed by atoms with van der Waals surface area (Å²) < 4.78 is 66.6. The summed E-state index contributed by atoms with van der Waals surface area (Å²) >= 11 is 0. The third-order valence-electron chi connectivity index (χ3n) is 10.6. The van der Waals surface area contributed by atoms with Crippen LogP contribution in [0.15, 0.2) is 121 Å². The maximum atomic E-state index is 11.5. The lowest BCUT2D eigenvalue weighted by atomic mass is 10.2. The predicted octanol–water partition coefficient (Wildman–Crippen LogP) is 7.22. The van der Waals surface area contributed by atoms with Gasteiger partial charge in [0.1, 0.15) is 55.5 Å². The lowest BCUT2D eigenvalue weighted by Crippen LogP contribution is -2.59. The molecule has 4 atom stereocenters. The molecule has 3 aliphatic heterocycles. The van der Waals surface area contributed by atoms with Crippen LogP contribution in [0.3, 0.4) is 0 Å². The molecule has 0 spiro atoms. The number of hydrogen-bond acceptors (Lipinski definition) is 13. The van der Waals surface area contributed by atoms with E-state index < -0.39 is 29.8 Å². The van der Waals surface area contributed by atoms with Gasteiger partial charge in [0.2, 0.25) is 0 Å². The Morgan fingerprint density at radius 1 is 0.540 bits per heavy atom. The predicted molar refractivity (Wildman–Crippen MR) is 246 cm³/mol. The molecule has 3 fully saturated rings. The molecular weight excluding hydrogens is 837 g/mol. The van der Waals surface area contributed by atoms with Crippen molar-refractivity contribution in [3.05, 3.63) is 121 Å². The average Bonchev–Trinajstić information content (AvgIpc) is 3.29. The minimum absolute atomic E-state index is 0.121. The molecule has 0 radical (unpaired) electrons. The fourth-order valence-corrected chi connectivity index (χ4v) is 13.6. The van der Waals surface area contributed by atoms with Crippen LogP contribution >= 0.6 is 0 Å². The van der Waals surface area contributed by atoms with Gasteiger partial charge in [-0.05, 0) is 95.2 Å². The van der Waals surface area contributed by atoms with Crippen molar-refractivity contribution in [2.24, 2.45) is 0 Å². The Morgan fingerprint density at radius 2 is 0.968 bits per heavy atom. The van der Waals surface area contributed by atoms with E-state index in [1.165, 1.54) is 0 Å². The number of aliphatic hydroxyl groups is 1. The highest BCUT2D eigenvalue weighted by Crippen LogP contribution is 2.29. The lowest BCUT2D eigenvalue weighted by Gasteiger charge is -2.42. The zero-order valence-corrected chi connectivity index (χ0v) is 39.3. The molecule has 344 valence electrons. The fourth-order valence-electron chi connectivity index (χ4n) is 7.99. The van der Waals surface area contributed by atoms with E-state index in [1.54, 1.807) is 0 Å². The number of fused-ring (bicyclic) bond motifs is 14. The maximum Gasteiger partial charge on any atom is 0.501 e.